The maximum absolute atomic E-state index is 10.2. The number of hydrogen-bond donors (Lipinski definition) is 2. The van der Waals surface area contributed by atoms with Gasteiger partial charge in [0.05, 0.1) is 0 Å². The molecule has 0 heterocycles. The van der Waals surface area contributed by atoms with Crippen molar-refractivity contribution in [1.82, 2.24) is 0 Å². The SMILES string of the molecule is C=C(CCN)C(N)=O. The Morgan fingerprint density at radius 1 is 1.62 bits per heavy atom. The predicted octanol–water partition coefficient (Wildman–Crippen LogP) is -0.623. The molecule has 0 saturated heterocycles. The molecule has 3 nitrogen and oxygen atoms in total. The molecule has 0 atom stereocenters. The van der Waals surface area contributed by atoms with Gasteiger partial charge in [-0.3, -0.25) is 4.79 Å². The summed E-state index contributed by atoms with van der Waals surface area (Å²) in [7, 11) is 0. The highest BCUT2D eigenvalue weighted by Gasteiger charge is 1.96. The molecule has 0 aliphatic rings. The van der Waals surface area contributed by atoms with E-state index < -0.39 is 5.91 Å². The highest BCUT2D eigenvalue weighted by Crippen LogP contribution is 1.91. The fourth-order valence-electron chi connectivity index (χ4n) is 0.297. The molecular weight excluding hydrogens is 104 g/mol. The summed E-state index contributed by atoms with van der Waals surface area (Å²) in [6.07, 6.45) is 0.495. The van der Waals surface area contributed by atoms with Gasteiger partial charge < -0.3 is 11.5 Å². The Balaban J connectivity index is 3.49. The quantitative estimate of drug-likeness (QED) is 0.480. The summed E-state index contributed by atoms with van der Waals surface area (Å²) in [5, 5.41) is 0. The molecule has 0 radical (unpaired) electrons. The molecule has 0 unspecified atom stereocenters. The van der Waals surface area contributed by atoms with Gasteiger partial charge in [-0.15, -0.1) is 0 Å². The normalized spacial score (nSPS) is 8.62. The summed E-state index contributed by atoms with van der Waals surface area (Å²) in [5.41, 5.74) is 10.3. The first-order valence-corrected chi connectivity index (χ1v) is 2.36. The Bertz CT molecular complexity index is 109. The van der Waals surface area contributed by atoms with Gasteiger partial charge in [0, 0.05) is 5.57 Å². The standard InChI is InChI=1S/C5H10N2O/c1-4(2-3-6)5(7)8/h1-3,6H2,(H2,7,8). The number of nitrogens with two attached hydrogens (primary N) is 2. The van der Waals surface area contributed by atoms with E-state index in [4.69, 9.17) is 11.5 Å². The minimum Gasteiger partial charge on any atom is -0.366 e. The van der Waals surface area contributed by atoms with Crippen LogP contribution in [0.25, 0.3) is 0 Å². The first kappa shape index (κ1) is 7.17. The van der Waals surface area contributed by atoms with Crippen LogP contribution in [0.15, 0.2) is 12.2 Å². The fraction of sp³-hybridized carbons (Fsp3) is 0.400. The zero-order valence-corrected chi connectivity index (χ0v) is 4.68. The monoisotopic (exact) mass is 114 g/mol. The number of primary amides is 1. The number of carbonyl (C=O) groups excluding carboxylic acids is 1. The van der Waals surface area contributed by atoms with Crippen molar-refractivity contribution in [2.75, 3.05) is 6.54 Å². The van der Waals surface area contributed by atoms with E-state index in [0.29, 0.717) is 18.5 Å². The average molecular weight is 114 g/mol. The van der Waals surface area contributed by atoms with E-state index in [9.17, 15) is 4.79 Å². The van der Waals surface area contributed by atoms with Crippen molar-refractivity contribution >= 4 is 5.91 Å². The molecule has 0 saturated carbocycles. The molecule has 0 aromatic heterocycles. The van der Waals surface area contributed by atoms with E-state index in [2.05, 4.69) is 6.58 Å². The third kappa shape index (κ3) is 2.36. The van der Waals surface area contributed by atoms with Gasteiger partial charge in [0.1, 0.15) is 0 Å². The van der Waals surface area contributed by atoms with Gasteiger partial charge in [0.2, 0.25) is 5.91 Å². The summed E-state index contributed by atoms with van der Waals surface area (Å²) in [6.45, 7) is 3.82. The third-order valence-electron chi connectivity index (χ3n) is 0.795. The van der Waals surface area contributed by atoms with E-state index in [1.165, 1.54) is 0 Å². The smallest absolute Gasteiger partial charge is 0.244 e. The lowest BCUT2D eigenvalue weighted by Gasteiger charge is -1.93. The van der Waals surface area contributed by atoms with Gasteiger partial charge in [-0.2, -0.15) is 0 Å². The van der Waals surface area contributed by atoms with Crippen LogP contribution >= 0.6 is 0 Å². The van der Waals surface area contributed by atoms with E-state index in [1.54, 1.807) is 0 Å². The fourth-order valence-corrected chi connectivity index (χ4v) is 0.297. The summed E-state index contributed by atoms with van der Waals surface area (Å²) in [5.74, 6) is -0.463. The number of rotatable bonds is 3. The maximum Gasteiger partial charge on any atom is 0.244 e. The number of amides is 1. The van der Waals surface area contributed by atoms with Crippen LogP contribution in [0.5, 0.6) is 0 Å². The Morgan fingerprint density at radius 3 is 2.25 bits per heavy atom. The van der Waals surface area contributed by atoms with E-state index >= 15 is 0 Å². The molecule has 8 heavy (non-hydrogen) atoms. The minimum absolute atomic E-state index is 0.396. The third-order valence-corrected chi connectivity index (χ3v) is 0.795. The summed E-state index contributed by atoms with van der Waals surface area (Å²) < 4.78 is 0. The largest absolute Gasteiger partial charge is 0.366 e. The molecule has 0 bridgehead atoms. The van der Waals surface area contributed by atoms with Crippen molar-refractivity contribution < 1.29 is 4.79 Å². The van der Waals surface area contributed by atoms with Gasteiger partial charge in [-0.25, -0.2) is 0 Å². The molecule has 0 aliphatic heterocycles. The van der Waals surface area contributed by atoms with E-state index in [0.717, 1.165) is 0 Å². The van der Waals surface area contributed by atoms with Crippen LogP contribution in [0.3, 0.4) is 0 Å². The van der Waals surface area contributed by atoms with Gasteiger partial charge in [-0.05, 0) is 13.0 Å². The Morgan fingerprint density at radius 2 is 2.12 bits per heavy atom. The highest BCUT2D eigenvalue weighted by atomic mass is 16.1. The van der Waals surface area contributed by atoms with Crippen molar-refractivity contribution in [1.29, 1.82) is 0 Å². The number of hydrogen-bond acceptors (Lipinski definition) is 2. The number of carbonyl (C=O) groups is 1. The average Bonchev–Trinajstić information content (AvgIpc) is 1.67. The molecule has 0 aromatic rings. The van der Waals surface area contributed by atoms with Crippen molar-refractivity contribution in [3.8, 4) is 0 Å². The zero-order chi connectivity index (χ0) is 6.57. The second kappa shape index (κ2) is 3.21. The van der Waals surface area contributed by atoms with Crippen LogP contribution in [-0.2, 0) is 4.79 Å². The lowest BCUT2D eigenvalue weighted by Crippen LogP contribution is -2.15. The topological polar surface area (TPSA) is 69.1 Å². The van der Waals surface area contributed by atoms with Crippen LogP contribution in [0, 0.1) is 0 Å². The van der Waals surface area contributed by atoms with Crippen molar-refractivity contribution in [3.05, 3.63) is 12.2 Å². The maximum atomic E-state index is 10.2. The van der Waals surface area contributed by atoms with Crippen molar-refractivity contribution in [2.45, 2.75) is 6.42 Å². The molecule has 0 fully saturated rings. The van der Waals surface area contributed by atoms with Gasteiger partial charge >= 0.3 is 0 Å². The molecule has 1 amide bonds. The van der Waals surface area contributed by atoms with Gasteiger partial charge in [0.25, 0.3) is 0 Å². The molecule has 46 valence electrons. The summed E-state index contributed by atoms with van der Waals surface area (Å²) in [6, 6.07) is 0. The molecular formula is C5H10N2O. The zero-order valence-electron chi connectivity index (χ0n) is 4.68. The summed E-state index contributed by atoms with van der Waals surface area (Å²) >= 11 is 0. The van der Waals surface area contributed by atoms with Gasteiger partial charge in [0.15, 0.2) is 0 Å². The van der Waals surface area contributed by atoms with Crippen molar-refractivity contribution in [2.24, 2.45) is 11.5 Å². The molecule has 4 N–H and O–H groups in total. The molecule has 3 heteroatoms. The minimum atomic E-state index is -0.463. The van der Waals surface area contributed by atoms with E-state index in [-0.39, 0.29) is 0 Å². The second-order valence-electron chi connectivity index (χ2n) is 1.51. The van der Waals surface area contributed by atoms with Crippen molar-refractivity contribution in [3.63, 3.8) is 0 Å². The molecule has 0 aromatic carbocycles. The summed E-state index contributed by atoms with van der Waals surface area (Å²) in [4.78, 5) is 10.2. The van der Waals surface area contributed by atoms with Gasteiger partial charge in [-0.1, -0.05) is 6.58 Å². The lowest BCUT2D eigenvalue weighted by atomic mass is 10.2. The Hall–Kier alpha value is -0.830. The van der Waals surface area contributed by atoms with E-state index in [1.807, 2.05) is 0 Å². The molecule has 0 aliphatic carbocycles. The highest BCUT2D eigenvalue weighted by molar-refractivity contribution is 5.91. The Kier molecular flexibility index (Phi) is 2.88. The van der Waals surface area contributed by atoms with Crippen LogP contribution in [-0.4, -0.2) is 12.5 Å². The van der Waals surface area contributed by atoms with Crippen LogP contribution in [0.4, 0.5) is 0 Å². The lowest BCUT2D eigenvalue weighted by molar-refractivity contribution is -0.114. The van der Waals surface area contributed by atoms with Crippen LogP contribution in [0.1, 0.15) is 6.42 Å². The first-order valence-electron chi connectivity index (χ1n) is 2.36. The van der Waals surface area contributed by atoms with Crippen LogP contribution < -0.4 is 11.5 Å². The molecule has 0 rings (SSSR count). The predicted molar refractivity (Wildman–Crippen MR) is 32.0 cm³/mol. The second-order valence-corrected chi connectivity index (χ2v) is 1.51. The molecule has 0 spiro atoms. The Labute approximate surface area is 48.4 Å². The first-order chi connectivity index (χ1) is 3.68. The van der Waals surface area contributed by atoms with Crippen LogP contribution in [0.2, 0.25) is 0 Å².